The van der Waals surface area contributed by atoms with Crippen LogP contribution in [0.5, 0.6) is 0 Å². The molecule has 0 aromatic heterocycles. The molecule has 1 unspecified atom stereocenters. The van der Waals surface area contributed by atoms with E-state index >= 15 is 0 Å². The SMILES string of the molecule is C#CCCCC(CCCCCCCC)NCCC. The summed E-state index contributed by atoms with van der Waals surface area (Å²) < 4.78 is 0. The lowest BCUT2D eigenvalue weighted by molar-refractivity contribution is 0.423. The van der Waals surface area contributed by atoms with Crippen molar-refractivity contribution in [1.82, 2.24) is 5.32 Å². The van der Waals surface area contributed by atoms with E-state index in [1.54, 1.807) is 0 Å². The molecule has 1 atom stereocenters. The molecule has 106 valence electrons. The van der Waals surface area contributed by atoms with Crippen molar-refractivity contribution in [3.8, 4) is 12.3 Å². The van der Waals surface area contributed by atoms with Gasteiger partial charge in [-0.2, -0.15) is 0 Å². The molecule has 0 aliphatic heterocycles. The molecule has 0 rings (SSSR count). The summed E-state index contributed by atoms with van der Waals surface area (Å²) in [7, 11) is 0. The summed E-state index contributed by atoms with van der Waals surface area (Å²) in [6.45, 7) is 5.66. The fraction of sp³-hybridized carbons (Fsp3) is 0.882. The van der Waals surface area contributed by atoms with Crippen LogP contribution in [0.3, 0.4) is 0 Å². The molecule has 0 heterocycles. The van der Waals surface area contributed by atoms with E-state index in [2.05, 4.69) is 25.1 Å². The molecule has 1 N–H and O–H groups in total. The average Bonchev–Trinajstić information content (AvgIpc) is 2.39. The molecule has 0 saturated carbocycles. The van der Waals surface area contributed by atoms with Gasteiger partial charge in [-0.3, -0.25) is 0 Å². The Kier molecular flexibility index (Phi) is 14.2. The Morgan fingerprint density at radius 2 is 1.56 bits per heavy atom. The number of nitrogens with one attached hydrogen (secondary N) is 1. The van der Waals surface area contributed by atoms with Gasteiger partial charge in [0, 0.05) is 12.5 Å². The van der Waals surface area contributed by atoms with Crippen LogP contribution in [0.25, 0.3) is 0 Å². The predicted molar refractivity (Wildman–Crippen MR) is 82.8 cm³/mol. The third-order valence-corrected chi connectivity index (χ3v) is 3.46. The first kappa shape index (κ1) is 17.5. The minimum absolute atomic E-state index is 0.699. The van der Waals surface area contributed by atoms with Crippen molar-refractivity contribution in [3.63, 3.8) is 0 Å². The summed E-state index contributed by atoms with van der Waals surface area (Å²) in [5.41, 5.74) is 0. The largest absolute Gasteiger partial charge is 0.314 e. The Morgan fingerprint density at radius 1 is 0.889 bits per heavy atom. The van der Waals surface area contributed by atoms with Gasteiger partial charge >= 0.3 is 0 Å². The minimum Gasteiger partial charge on any atom is -0.314 e. The van der Waals surface area contributed by atoms with Crippen LogP contribution in [0.2, 0.25) is 0 Å². The molecule has 0 fully saturated rings. The van der Waals surface area contributed by atoms with E-state index in [-0.39, 0.29) is 0 Å². The lowest BCUT2D eigenvalue weighted by atomic mass is 10.0. The van der Waals surface area contributed by atoms with Gasteiger partial charge in [0.15, 0.2) is 0 Å². The van der Waals surface area contributed by atoms with Crippen LogP contribution in [-0.4, -0.2) is 12.6 Å². The molecule has 1 heteroatoms. The van der Waals surface area contributed by atoms with Crippen molar-refractivity contribution in [2.24, 2.45) is 0 Å². The second-order valence-corrected chi connectivity index (χ2v) is 5.30. The van der Waals surface area contributed by atoms with E-state index in [1.165, 1.54) is 64.2 Å². The van der Waals surface area contributed by atoms with Gasteiger partial charge in [-0.05, 0) is 32.2 Å². The first-order valence-corrected chi connectivity index (χ1v) is 8.02. The monoisotopic (exact) mass is 251 g/mol. The van der Waals surface area contributed by atoms with Crippen LogP contribution in [0.4, 0.5) is 0 Å². The van der Waals surface area contributed by atoms with Crippen LogP contribution in [-0.2, 0) is 0 Å². The highest BCUT2D eigenvalue weighted by atomic mass is 14.9. The molecule has 18 heavy (non-hydrogen) atoms. The maximum absolute atomic E-state index is 5.31. The topological polar surface area (TPSA) is 12.0 Å². The van der Waals surface area contributed by atoms with E-state index in [4.69, 9.17) is 6.42 Å². The van der Waals surface area contributed by atoms with Crippen molar-refractivity contribution < 1.29 is 0 Å². The second kappa shape index (κ2) is 14.6. The van der Waals surface area contributed by atoms with Crippen LogP contribution >= 0.6 is 0 Å². The average molecular weight is 251 g/mol. The summed E-state index contributed by atoms with van der Waals surface area (Å²) in [4.78, 5) is 0. The lowest BCUT2D eigenvalue weighted by Gasteiger charge is -2.18. The van der Waals surface area contributed by atoms with Gasteiger partial charge in [-0.15, -0.1) is 12.3 Å². The number of terminal acetylenes is 1. The zero-order chi connectivity index (χ0) is 13.5. The Hall–Kier alpha value is -0.480. The molecule has 0 spiro atoms. The van der Waals surface area contributed by atoms with E-state index in [9.17, 15) is 0 Å². The van der Waals surface area contributed by atoms with Gasteiger partial charge in [0.2, 0.25) is 0 Å². The van der Waals surface area contributed by atoms with Crippen molar-refractivity contribution in [2.45, 2.75) is 90.5 Å². The number of hydrogen-bond donors (Lipinski definition) is 1. The van der Waals surface area contributed by atoms with Gasteiger partial charge in [-0.1, -0.05) is 52.4 Å². The fourth-order valence-electron chi connectivity index (χ4n) is 2.32. The van der Waals surface area contributed by atoms with E-state index in [0.717, 1.165) is 13.0 Å². The highest BCUT2D eigenvalue weighted by Gasteiger charge is 2.06. The quantitative estimate of drug-likeness (QED) is 0.362. The van der Waals surface area contributed by atoms with Crippen LogP contribution in [0, 0.1) is 12.3 Å². The van der Waals surface area contributed by atoms with Crippen molar-refractivity contribution in [3.05, 3.63) is 0 Å². The Morgan fingerprint density at radius 3 is 2.22 bits per heavy atom. The molecule has 0 saturated heterocycles. The third kappa shape index (κ3) is 12.0. The summed E-state index contributed by atoms with van der Waals surface area (Å²) in [6, 6.07) is 0.699. The van der Waals surface area contributed by atoms with Gasteiger partial charge in [0.25, 0.3) is 0 Å². The van der Waals surface area contributed by atoms with Gasteiger partial charge in [-0.25, -0.2) is 0 Å². The first-order valence-electron chi connectivity index (χ1n) is 8.02. The van der Waals surface area contributed by atoms with E-state index < -0.39 is 0 Å². The highest BCUT2D eigenvalue weighted by Crippen LogP contribution is 2.12. The van der Waals surface area contributed by atoms with E-state index in [1.807, 2.05) is 0 Å². The second-order valence-electron chi connectivity index (χ2n) is 5.30. The van der Waals surface area contributed by atoms with Crippen molar-refractivity contribution >= 4 is 0 Å². The summed E-state index contributed by atoms with van der Waals surface area (Å²) in [5.74, 6) is 2.74. The zero-order valence-electron chi connectivity index (χ0n) is 12.6. The highest BCUT2D eigenvalue weighted by molar-refractivity contribution is 4.83. The molecule has 1 nitrogen and oxygen atoms in total. The molecule has 0 amide bonds. The smallest absolute Gasteiger partial charge is 0.00866 e. The maximum atomic E-state index is 5.31. The predicted octanol–water partition coefficient (Wildman–Crippen LogP) is 4.91. The van der Waals surface area contributed by atoms with Crippen LogP contribution in [0.15, 0.2) is 0 Å². The van der Waals surface area contributed by atoms with Crippen LogP contribution < -0.4 is 5.32 Å². The van der Waals surface area contributed by atoms with Crippen molar-refractivity contribution in [2.75, 3.05) is 6.54 Å². The molecular formula is C17H33N. The Labute approximate surface area is 115 Å². The van der Waals surface area contributed by atoms with Crippen LogP contribution in [0.1, 0.15) is 84.5 Å². The molecule has 0 aliphatic carbocycles. The molecule has 0 aliphatic rings. The summed E-state index contributed by atoms with van der Waals surface area (Å²) in [5, 5.41) is 3.66. The molecule has 0 aromatic rings. The zero-order valence-corrected chi connectivity index (χ0v) is 12.6. The standard InChI is InChI=1S/C17H33N/c1-4-7-9-10-11-13-15-17(18-16-6-3)14-12-8-5-2/h2,17-18H,4,6-16H2,1,3H3. The first-order chi connectivity index (χ1) is 8.85. The maximum Gasteiger partial charge on any atom is 0.00866 e. The normalized spacial score (nSPS) is 12.3. The summed E-state index contributed by atoms with van der Waals surface area (Å²) >= 11 is 0. The Bertz CT molecular complexity index is 192. The number of rotatable bonds is 13. The number of unbranched alkanes of at least 4 members (excludes halogenated alkanes) is 6. The Balaban J connectivity index is 3.55. The molecule has 0 radical (unpaired) electrons. The van der Waals surface area contributed by atoms with E-state index in [0.29, 0.717) is 6.04 Å². The van der Waals surface area contributed by atoms with Gasteiger partial charge in [0.1, 0.15) is 0 Å². The number of hydrogen-bond acceptors (Lipinski definition) is 1. The van der Waals surface area contributed by atoms with Gasteiger partial charge < -0.3 is 5.32 Å². The minimum atomic E-state index is 0.699. The lowest BCUT2D eigenvalue weighted by Crippen LogP contribution is -2.29. The molecule has 0 aromatic carbocycles. The van der Waals surface area contributed by atoms with Crippen molar-refractivity contribution in [1.29, 1.82) is 0 Å². The fourth-order valence-corrected chi connectivity index (χ4v) is 2.32. The third-order valence-electron chi connectivity index (χ3n) is 3.46. The molecular weight excluding hydrogens is 218 g/mol. The molecule has 0 bridgehead atoms. The van der Waals surface area contributed by atoms with Gasteiger partial charge in [0.05, 0.1) is 0 Å². The summed E-state index contributed by atoms with van der Waals surface area (Å²) in [6.07, 6.45) is 19.6.